The van der Waals surface area contributed by atoms with Crippen molar-refractivity contribution in [2.75, 3.05) is 13.7 Å². The molecule has 5 heteroatoms. The molecule has 1 rings (SSSR count). The minimum Gasteiger partial charge on any atom is -0.504 e. The summed E-state index contributed by atoms with van der Waals surface area (Å²) in [4.78, 5) is 4.52. The molecular formula is C10H15NO4. The lowest BCUT2D eigenvalue weighted by atomic mass is 10.0. The van der Waals surface area contributed by atoms with Crippen molar-refractivity contribution in [1.29, 1.82) is 0 Å². The number of hydrogen-bond acceptors (Lipinski definition) is 5. The second-order valence-electron chi connectivity index (χ2n) is 3.33. The molecule has 0 radical (unpaired) electrons. The molecule has 1 aromatic carbocycles. The molecule has 15 heavy (non-hydrogen) atoms. The third-order valence-corrected chi connectivity index (χ3v) is 2.21. The maximum Gasteiger partial charge on any atom is 0.200 e. The molecule has 1 unspecified atom stereocenters. The van der Waals surface area contributed by atoms with E-state index >= 15 is 0 Å². The number of hydrogen-bond donors (Lipinski definition) is 3. The lowest BCUT2D eigenvalue weighted by Crippen LogP contribution is -2.08. The highest BCUT2D eigenvalue weighted by molar-refractivity contribution is 5.52. The molecule has 0 saturated carbocycles. The van der Waals surface area contributed by atoms with Gasteiger partial charge >= 0.3 is 0 Å². The fourth-order valence-corrected chi connectivity index (χ4v) is 1.29. The first-order chi connectivity index (χ1) is 7.10. The summed E-state index contributed by atoms with van der Waals surface area (Å²) in [6, 6.07) is 3.10. The van der Waals surface area contributed by atoms with Gasteiger partial charge in [0.05, 0.1) is 13.7 Å². The molecule has 0 heterocycles. The van der Waals surface area contributed by atoms with E-state index in [9.17, 15) is 10.2 Å². The van der Waals surface area contributed by atoms with Crippen LogP contribution >= 0.6 is 0 Å². The molecular weight excluding hydrogens is 198 g/mol. The van der Waals surface area contributed by atoms with Crippen LogP contribution in [0.3, 0.4) is 0 Å². The lowest BCUT2D eigenvalue weighted by Gasteiger charge is -2.13. The minimum absolute atomic E-state index is 0.00963. The van der Waals surface area contributed by atoms with Crippen molar-refractivity contribution in [2.24, 2.45) is 5.90 Å². The normalized spacial score (nSPS) is 12.5. The van der Waals surface area contributed by atoms with Gasteiger partial charge < -0.3 is 19.8 Å². The van der Waals surface area contributed by atoms with Crippen LogP contribution < -0.4 is 10.6 Å². The van der Waals surface area contributed by atoms with E-state index in [4.69, 9.17) is 10.6 Å². The van der Waals surface area contributed by atoms with Crippen LogP contribution in [-0.2, 0) is 4.84 Å². The molecule has 1 aromatic rings. The summed E-state index contributed by atoms with van der Waals surface area (Å²) >= 11 is 0. The number of phenols is 2. The predicted octanol–water partition coefficient (Wildman–Crippen LogP) is 1.10. The van der Waals surface area contributed by atoms with Gasteiger partial charge in [0, 0.05) is 5.92 Å². The summed E-state index contributed by atoms with van der Waals surface area (Å²) in [5.74, 6) is 4.73. The molecule has 1 atom stereocenters. The summed E-state index contributed by atoms with van der Waals surface area (Å²) < 4.78 is 4.91. The van der Waals surface area contributed by atoms with Crippen LogP contribution in [0.25, 0.3) is 0 Å². The molecule has 0 spiro atoms. The van der Waals surface area contributed by atoms with Crippen LogP contribution in [0, 0.1) is 0 Å². The van der Waals surface area contributed by atoms with Gasteiger partial charge in [-0.2, -0.15) is 0 Å². The average Bonchev–Trinajstić information content (AvgIpc) is 2.22. The van der Waals surface area contributed by atoms with Gasteiger partial charge in [0.25, 0.3) is 0 Å². The average molecular weight is 213 g/mol. The van der Waals surface area contributed by atoms with Crippen LogP contribution in [0.1, 0.15) is 18.4 Å². The van der Waals surface area contributed by atoms with Gasteiger partial charge in [0.15, 0.2) is 11.5 Å². The molecule has 0 fully saturated rings. The molecule has 0 aliphatic rings. The monoisotopic (exact) mass is 213 g/mol. The van der Waals surface area contributed by atoms with E-state index in [2.05, 4.69) is 4.84 Å². The van der Waals surface area contributed by atoms with Gasteiger partial charge in [-0.25, -0.2) is 5.90 Å². The van der Waals surface area contributed by atoms with Gasteiger partial charge in [0.2, 0.25) is 5.75 Å². The number of phenolic OH excluding ortho intramolecular Hbond substituents is 2. The Bertz CT molecular complexity index is 340. The van der Waals surface area contributed by atoms with Crippen molar-refractivity contribution < 1.29 is 19.8 Å². The van der Waals surface area contributed by atoms with Crippen LogP contribution in [0.4, 0.5) is 0 Å². The summed E-state index contributed by atoms with van der Waals surface area (Å²) in [7, 11) is 1.42. The highest BCUT2D eigenvalue weighted by Gasteiger charge is 2.13. The second-order valence-corrected chi connectivity index (χ2v) is 3.33. The van der Waals surface area contributed by atoms with E-state index in [0.29, 0.717) is 6.61 Å². The summed E-state index contributed by atoms with van der Waals surface area (Å²) in [6.45, 7) is 2.21. The fraction of sp³-hybridized carbons (Fsp3) is 0.400. The highest BCUT2D eigenvalue weighted by atomic mass is 16.6. The predicted molar refractivity (Wildman–Crippen MR) is 54.9 cm³/mol. The van der Waals surface area contributed by atoms with Crippen LogP contribution in [0.5, 0.6) is 17.2 Å². The maximum atomic E-state index is 9.43. The number of ether oxygens (including phenoxy) is 1. The Labute approximate surface area is 88.0 Å². The highest BCUT2D eigenvalue weighted by Crippen LogP contribution is 2.38. The smallest absolute Gasteiger partial charge is 0.200 e. The quantitative estimate of drug-likeness (QED) is 0.515. The molecule has 84 valence electrons. The minimum atomic E-state index is -0.262. The Morgan fingerprint density at radius 3 is 2.60 bits per heavy atom. The molecule has 0 aliphatic carbocycles. The zero-order valence-corrected chi connectivity index (χ0v) is 8.73. The van der Waals surface area contributed by atoms with Gasteiger partial charge in [-0.1, -0.05) is 6.92 Å². The Morgan fingerprint density at radius 1 is 1.40 bits per heavy atom. The zero-order chi connectivity index (χ0) is 11.4. The lowest BCUT2D eigenvalue weighted by molar-refractivity contribution is 0.126. The number of methoxy groups -OCH3 is 1. The van der Waals surface area contributed by atoms with Crippen molar-refractivity contribution in [3.05, 3.63) is 17.7 Å². The summed E-state index contributed by atoms with van der Waals surface area (Å²) in [5.41, 5.74) is 0.785. The third-order valence-electron chi connectivity index (χ3n) is 2.21. The van der Waals surface area contributed by atoms with E-state index in [-0.39, 0.29) is 23.2 Å². The van der Waals surface area contributed by atoms with Crippen LogP contribution in [-0.4, -0.2) is 23.9 Å². The van der Waals surface area contributed by atoms with Crippen LogP contribution in [0.15, 0.2) is 12.1 Å². The summed E-state index contributed by atoms with van der Waals surface area (Å²) in [6.07, 6.45) is 0. The topological polar surface area (TPSA) is 84.9 Å². The van der Waals surface area contributed by atoms with Crippen LogP contribution in [0.2, 0.25) is 0 Å². The first-order valence-corrected chi connectivity index (χ1v) is 4.51. The fourth-order valence-electron chi connectivity index (χ4n) is 1.29. The Balaban J connectivity index is 3.05. The first-order valence-electron chi connectivity index (χ1n) is 4.51. The van der Waals surface area contributed by atoms with Gasteiger partial charge in [-0.3, -0.25) is 0 Å². The van der Waals surface area contributed by atoms with E-state index in [1.54, 1.807) is 6.07 Å². The summed E-state index contributed by atoms with van der Waals surface area (Å²) in [5, 5.41) is 18.8. The number of nitrogens with two attached hydrogens (primary N) is 1. The standard InChI is InChI=1S/C10H15NO4/c1-6(5-15-11)7-3-8(12)10(13)9(4-7)14-2/h3-4,6,12-13H,5,11H2,1-2H3. The largest absolute Gasteiger partial charge is 0.504 e. The van der Waals surface area contributed by atoms with Gasteiger partial charge in [-0.05, 0) is 17.7 Å². The Hall–Kier alpha value is -1.46. The van der Waals surface area contributed by atoms with Gasteiger partial charge in [-0.15, -0.1) is 0 Å². The number of benzene rings is 1. The van der Waals surface area contributed by atoms with Crippen molar-refractivity contribution >= 4 is 0 Å². The van der Waals surface area contributed by atoms with Crippen molar-refractivity contribution in [2.45, 2.75) is 12.8 Å². The van der Waals surface area contributed by atoms with E-state index in [1.807, 2.05) is 6.92 Å². The SMILES string of the molecule is COc1cc(C(C)CON)cc(O)c1O. The first kappa shape index (κ1) is 11.6. The molecule has 4 N–H and O–H groups in total. The maximum absolute atomic E-state index is 9.43. The zero-order valence-electron chi connectivity index (χ0n) is 8.73. The van der Waals surface area contributed by atoms with E-state index in [0.717, 1.165) is 5.56 Å². The van der Waals surface area contributed by atoms with Crippen molar-refractivity contribution in [3.8, 4) is 17.2 Å². The molecule has 0 bridgehead atoms. The van der Waals surface area contributed by atoms with E-state index in [1.165, 1.54) is 13.2 Å². The number of rotatable bonds is 4. The molecule has 5 nitrogen and oxygen atoms in total. The number of aromatic hydroxyl groups is 2. The molecule has 0 aromatic heterocycles. The molecule has 0 aliphatic heterocycles. The van der Waals surface area contributed by atoms with Gasteiger partial charge in [0.1, 0.15) is 0 Å². The van der Waals surface area contributed by atoms with Crippen molar-refractivity contribution in [3.63, 3.8) is 0 Å². The molecule has 0 saturated heterocycles. The molecule has 0 amide bonds. The Morgan fingerprint density at radius 2 is 2.07 bits per heavy atom. The van der Waals surface area contributed by atoms with E-state index < -0.39 is 0 Å². The Kier molecular flexibility index (Phi) is 3.76. The third kappa shape index (κ3) is 2.51. The van der Waals surface area contributed by atoms with Crippen molar-refractivity contribution in [1.82, 2.24) is 0 Å². The second kappa shape index (κ2) is 4.86.